The molecule has 34 heavy (non-hydrogen) atoms. The van der Waals surface area contributed by atoms with Crippen molar-refractivity contribution in [3.63, 3.8) is 0 Å². The summed E-state index contributed by atoms with van der Waals surface area (Å²) in [7, 11) is 1.42. The van der Waals surface area contributed by atoms with Crippen molar-refractivity contribution in [3.05, 3.63) is 107 Å². The van der Waals surface area contributed by atoms with Crippen LogP contribution in [0.4, 0.5) is 5.69 Å². The maximum Gasteiger partial charge on any atom is 0.340 e. The molecular formula is C26H19NO5S2. The molecule has 2 aliphatic rings. The summed E-state index contributed by atoms with van der Waals surface area (Å²) < 4.78 is 11.8. The number of thiol groups is 1. The van der Waals surface area contributed by atoms with Crippen LogP contribution in [0.3, 0.4) is 0 Å². The summed E-state index contributed by atoms with van der Waals surface area (Å²) >= 11 is 4.02. The molecular weight excluding hydrogens is 470 g/mol. The van der Waals surface area contributed by atoms with Crippen molar-refractivity contribution >= 4 is 34.1 Å². The summed E-state index contributed by atoms with van der Waals surface area (Å²) in [5.41, 5.74) is 7.52. The predicted molar refractivity (Wildman–Crippen MR) is 134 cm³/mol. The highest BCUT2D eigenvalue weighted by Gasteiger charge is 2.53. The van der Waals surface area contributed by atoms with Gasteiger partial charge in [-0.05, 0) is 54.6 Å². The molecule has 4 aromatic carbocycles. The number of phenolic OH excluding ortho intramolecular Hbond substituents is 2. The van der Waals surface area contributed by atoms with Crippen molar-refractivity contribution in [1.29, 1.82) is 0 Å². The van der Waals surface area contributed by atoms with E-state index in [-0.39, 0.29) is 11.5 Å². The average molecular weight is 490 g/mol. The van der Waals surface area contributed by atoms with Crippen molar-refractivity contribution in [3.8, 4) is 23.0 Å². The quantitative estimate of drug-likeness (QED) is 0.115. The molecule has 8 heteroatoms. The monoisotopic (exact) mass is 489 g/mol. The van der Waals surface area contributed by atoms with Crippen LogP contribution >= 0.6 is 22.5 Å². The van der Waals surface area contributed by atoms with Crippen molar-refractivity contribution < 1.29 is 24.5 Å². The molecule has 170 valence electrons. The third kappa shape index (κ3) is 3.61. The van der Waals surface area contributed by atoms with Crippen molar-refractivity contribution in [1.82, 2.24) is 0 Å². The fourth-order valence-electron chi connectivity index (χ4n) is 4.18. The second-order valence-corrected chi connectivity index (χ2v) is 8.94. The van der Waals surface area contributed by atoms with E-state index in [4.69, 9.17) is 15.2 Å². The van der Waals surface area contributed by atoms with Crippen LogP contribution in [0.25, 0.3) is 0 Å². The molecule has 1 spiro atoms. The molecule has 2 heterocycles. The number of esters is 1. The number of hydrogen-bond donors (Lipinski definition) is 4. The van der Waals surface area contributed by atoms with Crippen LogP contribution in [0.15, 0.2) is 89.8 Å². The van der Waals surface area contributed by atoms with Crippen LogP contribution in [0.5, 0.6) is 23.0 Å². The fraction of sp³-hybridized carbons (Fsp3) is 0.0385. The molecule has 6 nitrogen and oxygen atoms in total. The van der Waals surface area contributed by atoms with E-state index in [0.29, 0.717) is 33.8 Å². The van der Waals surface area contributed by atoms with Gasteiger partial charge in [-0.2, -0.15) is 0 Å². The lowest BCUT2D eigenvalue weighted by Gasteiger charge is -2.36. The Labute approximate surface area is 204 Å². The van der Waals surface area contributed by atoms with Gasteiger partial charge in [0, 0.05) is 39.4 Å². The van der Waals surface area contributed by atoms with E-state index in [1.54, 1.807) is 24.3 Å². The zero-order valence-electron chi connectivity index (χ0n) is 17.6. The normalized spacial score (nSPS) is 14.1. The zero-order valence-corrected chi connectivity index (χ0v) is 19.3. The SMILES string of the molecule is Nc1ccc(SS)cc1.O=C1OC2(c3ccc(O)cc3Oc3cc(O)ccc32)c2ccccc21. The lowest BCUT2D eigenvalue weighted by molar-refractivity contribution is 0.0224. The molecule has 0 aromatic heterocycles. The molecule has 0 radical (unpaired) electrons. The summed E-state index contributed by atoms with van der Waals surface area (Å²) in [4.78, 5) is 13.6. The van der Waals surface area contributed by atoms with E-state index in [0.717, 1.165) is 10.6 Å². The summed E-state index contributed by atoms with van der Waals surface area (Å²) in [5.74, 6) is 0.408. The Balaban J connectivity index is 0.000000227. The zero-order chi connectivity index (χ0) is 23.9. The molecule has 2 aliphatic heterocycles. The van der Waals surface area contributed by atoms with E-state index in [2.05, 4.69) is 11.7 Å². The minimum Gasteiger partial charge on any atom is -0.508 e. The van der Waals surface area contributed by atoms with Gasteiger partial charge in [0.05, 0.1) is 5.56 Å². The van der Waals surface area contributed by atoms with Crippen LogP contribution in [-0.2, 0) is 10.3 Å². The number of aromatic hydroxyl groups is 2. The molecule has 0 aliphatic carbocycles. The van der Waals surface area contributed by atoms with E-state index < -0.39 is 11.6 Å². The first-order chi connectivity index (χ1) is 16.4. The van der Waals surface area contributed by atoms with Crippen molar-refractivity contribution in [2.45, 2.75) is 10.5 Å². The van der Waals surface area contributed by atoms with Gasteiger partial charge in [0.15, 0.2) is 5.60 Å². The van der Waals surface area contributed by atoms with E-state index in [9.17, 15) is 15.0 Å². The number of nitrogen functional groups attached to an aromatic ring is 1. The smallest absolute Gasteiger partial charge is 0.340 e. The van der Waals surface area contributed by atoms with Gasteiger partial charge in [0.25, 0.3) is 0 Å². The predicted octanol–water partition coefficient (Wildman–Crippen LogP) is 5.87. The van der Waals surface area contributed by atoms with Gasteiger partial charge in [-0.15, -0.1) is 11.7 Å². The summed E-state index contributed by atoms with van der Waals surface area (Å²) in [6.07, 6.45) is 0. The Kier molecular flexibility index (Phi) is 5.55. The number of nitrogens with two attached hydrogens (primary N) is 1. The highest BCUT2D eigenvalue weighted by atomic mass is 33.1. The van der Waals surface area contributed by atoms with Crippen LogP contribution in [-0.4, -0.2) is 16.2 Å². The van der Waals surface area contributed by atoms with Crippen LogP contribution in [0.1, 0.15) is 27.0 Å². The highest BCUT2D eigenvalue weighted by molar-refractivity contribution is 8.68. The Morgan fingerprint density at radius 1 is 0.794 bits per heavy atom. The minimum absolute atomic E-state index is 0.0371. The first-order valence-corrected chi connectivity index (χ1v) is 12.1. The molecule has 4 N–H and O–H groups in total. The Bertz CT molecular complexity index is 1350. The average Bonchev–Trinajstić information content (AvgIpc) is 3.13. The first-order valence-electron chi connectivity index (χ1n) is 10.3. The van der Waals surface area contributed by atoms with E-state index in [1.807, 2.05) is 36.4 Å². The number of hydrogen-bond acceptors (Lipinski definition) is 8. The number of ether oxygens (including phenoxy) is 2. The van der Waals surface area contributed by atoms with Gasteiger partial charge in [-0.1, -0.05) is 29.0 Å². The molecule has 0 fully saturated rings. The van der Waals surface area contributed by atoms with Gasteiger partial charge < -0.3 is 25.4 Å². The highest BCUT2D eigenvalue weighted by Crippen LogP contribution is 2.56. The largest absolute Gasteiger partial charge is 0.508 e. The second kappa shape index (κ2) is 8.55. The third-order valence-corrected chi connectivity index (χ3v) is 6.78. The van der Waals surface area contributed by atoms with Crippen LogP contribution < -0.4 is 10.5 Å². The molecule has 4 aromatic rings. The molecule has 0 unspecified atom stereocenters. The van der Waals surface area contributed by atoms with Gasteiger partial charge in [0.2, 0.25) is 0 Å². The summed E-state index contributed by atoms with van der Waals surface area (Å²) in [6, 6.07) is 24.2. The number of phenols is 2. The number of carbonyl (C=O) groups is 1. The lowest BCUT2D eigenvalue weighted by Crippen LogP contribution is -2.32. The van der Waals surface area contributed by atoms with Crippen molar-refractivity contribution in [2.24, 2.45) is 0 Å². The van der Waals surface area contributed by atoms with E-state index in [1.165, 1.54) is 35.1 Å². The first kappa shape index (κ1) is 22.1. The number of fused-ring (bicyclic) bond motifs is 6. The molecule has 0 saturated heterocycles. The summed E-state index contributed by atoms with van der Waals surface area (Å²) in [6.45, 7) is 0. The topological polar surface area (TPSA) is 102 Å². The van der Waals surface area contributed by atoms with Gasteiger partial charge in [-0.25, -0.2) is 4.79 Å². The fourth-order valence-corrected chi connectivity index (χ4v) is 4.81. The number of rotatable bonds is 1. The number of carbonyl (C=O) groups excluding carboxylic acids is 1. The van der Waals surface area contributed by atoms with E-state index >= 15 is 0 Å². The molecule has 6 rings (SSSR count). The minimum atomic E-state index is -1.17. The van der Waals surface area contributed by atoms with Crippen LogP contribution in [0, 0.1) is 0 Å². The number of anilines is 1. The second-order valence-electron chi connectivity index (χ2n) is 7.74. The molecule has 0 amide bonds. The van der Waals surface area contributed by atoms with Crippen molar-refractivity contribution in [2.75, 3.05) is 5.73 Å². The van der Waals surface area contributed by atoms with Gasteiger partial charge >= 0.3 is 5.97 Å². The maximum atomic E-state index is 12.5. The van der Waals surface area contributed by atoms with Crippen LogP contribution in [0.2, 0.25) is 0 Å². The Morgan fingerprint density at radius 2 is 1.38 bits per heavy atom. The third-order valence-electron chi connectivity index (χ3n) is 5.67. The Morgan fingerprint density at radius 3 is 1.97 bits per heavy atom. The summed E-state index contributed by atoms with van der Waals surface area (Å²) in [5, 5.41) is 19.7. The molecule has 0 bridgehead atoms. The number of benzene rings is 4. The standard InChI is InChI=1S/C20H12O5.C6H7NS2/c21-11-5-7-15-17(9-11)24-18-10-12(22)6-8-16(18)20(15)14-4-2-1-3-13(14)19(23)25-20;7-5-1-3-6(9-8)4-2-5/h1-10,21-22H;1-4,8H,7H2. The molecule has 0 atom stereocenters. The Hall–Kier alpha value is -3.75. The van der Waals surface area contributed by atoms with Gasteiger partial charge in [-0.3, -0.25) is 0 Å². The molecule has 0 saturated carbocycles. The maximum absolute atomic E-state index is 12.5. The lowest BCUT2D eigenvalue weighted by atomic mass is 9.77. The van der Waals surface area contributed by atoms with Gasteiger partial charge in [0.1, 0.15) is 23.0 Å².